The van der Waals surface area contributed by atoms with E-state index >= 15 is 0 Å². The summed E-state index contributed by atoms with van der Waals surface area (Å²) in [7, 11) is 1.38. The van der Waals surface area contributed by atoms with Crippen LogP contribution >= 0.6 is 0 Å². The summed E-state index contributed by atoms with van der Waals surface area (Å²) in [6.45, 7) is 0.564. The topological polar surface area (TPSA) is 35.5 Å². The summed E-state index contributed by atoms with van der Waals surface area (Å²) in [6, 6.07) is 24.5. The number of hydrogen-bond acceptors (Lipinski definition) is 3. The lowest BCUT2D eigenvalue weighted by Crippen LogP contribution is -2.07. The highest BCUT2D eigenvalue weighted by atomic mass is 16.5. The molecule has 0 N–H and O–H groups in total. The average molecular weight is 358 g/mol. The molecule has 3 nitrogen and oxygen atoms in total. The molecule has 3 aromatic rings. The molecule has 0 atom stereocenters. The molecule has 0 bridgehead atoms. The van der Waals surface area contributed by atoms with E-state index in [0.29, 0.717) is 23.8 Å². The van der Waals surface area contributed by atoms with Crippen molar-refractivity contribution in [3.05, 3.63) is 89.5 Å². The van der Waals surface area contributed by atoms with E-state index in [-0.39, 0.29) is 5.97 Å². The van der Waals surface area contributed by atoms with Crippen LogP contribution in [0.5, 0.6) is 5.75 Å². The Bertz CT molecular complexity index is 916. The third-order valence-electron chi connectivity index (χ3n) is 5.15. The van der Waals surface area contributed by atoms with E-state index in [1.165, 1.54) is 29.4 Å². The summed E-state index contributed by atoms with van der Waals surface area (Å²) in [5.41, 5.74) is 5.95. The summed E-state index contributed by atoms with van der Waals surface area (Å²) in [4.78, 5) is 11.8. The van der Waals surface area contributed by atoms with E-state index in [1.54, 1.807) is 6.07 Å². The number of benzene rings is 3. The Labute approximate surface area is 159 Å². The van der Waals surface area contributed by atoms with Gasteiger partial charge in [0, 0.05) is 5.92 Å². The van der Waals surface area contributed by atoms with Crippen molar-refractivity contribution < 1.29 is 14.3 Å². The van der Waals surface area contributed by atoms with Crippen LogP contribution < -0.4 is 4.74 Å². The zero-order chi connectivity index (χ0) is 18.6. The molecule has 0 aromatic heterocycles. The molecular weight excluding hydrogens is 336 g/mol. The lowest BCUT2D eigenvalue weighted by Gasteiger charge is -2.15. The van der Waals surface area contributed by atoms with Crippen LogP contribution in [0.1, 0.15) is 40.2 Å². The van der Waals surface area contributed by atoms with E-state index in [9.17, 15) is 4.79 Å². The Morgan fingerprint density at radius 3 is 2.11 bits per heavy atom. The van der Waals surface area contributed by atoms with Gasteiger partial charge in [0.05, 0.1) is 13.7 Å². The number of carbonyl (C=O) groups is 1. The fourth-order valence-corrected chi connectivity index (χ4v) is 3.91. The van der Waals surface area contributed by atoms with Crippen molar-refractivity contribution >= 4 is 5.97 Å². The van der Waals surface area contributed by atoms with Crippen molar-refractivity contribution in [3.63, 3.8) is 0 Å². The molecule has 27 heavy (non-hydrogen) atoms. The van der Waals surface area contributed by atoms with Crippen LogP contribution in [0.25, 0.3) is 11.1 Å². The molecule has 1 aliphatic carbocycles. The molecular formula is C24H22O3. The largest absolute Gasteiger partial charge is 0.493 e. The van der Waals surface area contributed by atoms with Gasteiger partial charge < -0.3 is 9.47 Å². The van der Waals surface area contributed by atoms with Gasteiger partial charge in [0.2, 0.25) is 0 Å². The zero-order valence-electron chi connectivity index (χ0n) is 15.4. The zero-order valence-corrected chi connectivity index (χ0v) is 15.4. The molecule has 0 saturated carbocycles. The fourth-order valence-electron chi connectivity index (χ4n) is 3.91. The van der Waals surface area contributed by atoms with Gasteiger partial charge in [-0.05, 0) is 47.2 Å². The summed E-state index contributed by atoms with van der Waals surface area (Å²) in [5.74, 6) is 0.609. The quantitative estimate of drug-likeness (QED) is 0.434. The van der Waals surface area contributed by atoms with Crippen LogP contribution in [0, 0.1) is 0 Å². The highest BCUT2D eigenvalue weighted by molar-refractivity contribution is 5.92. The number of hydrogen-bond donors (Lipinski definition) is 0. The Morgan fingerprint density at radius 1 is 0.852 bits per heavy atom. The minimum Gasteiger partial charge on any atom is -0.493 e. The Hall–Kier alpha value is -3.07. The van der Waals surface area contributed by atoms with Gasteiger partial charge in [0.1, 0.15) is 11.3 Å². The molecule has 0 heterocycles. The number of ether oxygens (including phenoxy) is 2. The number of fused-ring (bicyclic) bond motifs is 3. The lowest BCUT2D eigenvalue weighted by molar-refractivity contribution is 0.0596. The molecule has 1 aliphatic rings. The first-order valence-corrected chi connectivity index (χ1v) is 9.28. The molecule has 4 rings (SSSR count). The van der Waals surface area contributed by atoms with Crippen LogP contribution in [-0.4, -0.2) is 19.7 Å². The van der Waals surface area contributed by atoms with Gasteiger partial charge in [0.15, 0.2) is 0 Å². The van der Waals surface area contributed by atoms with Crippen molar-refractivity contribution in [3.8, 4) is 16.9 Å². The molecule has 0 fully saturated rings. The van der Waals surface area contributed by atoms with E-state index < -0.39 is 0 Å². The second-order valence-electron chi connectivity index (χ2n) is 6.71. The first-order chi connectivity index (χ1) is 13.3. The second kappa shape index (κ2) is 7.67. The smallest absolute Gasteiger partial charge is 0.341 e. The minimum atomic E-state index is -0.371. The molecule has 3 aromatic carbocycles. The number of carbonyl (C=O) groups excluding carboxylic acids is 1. The minimum absolute atomic E-state index is 0.371. The van der Waals surface area contributed by atoms with Crippen LogP contribution in [0.4, 0.5) is 0 Å². The van der Waals surface area contributed by atoms with Crippen LogP contribution in [-0.2, 0) is 4.74 Å². The molecule has 0 saturated heterocycles. The lowest BCUT2D eigenvalue weighted by atomic mass is 9.92. The van der Waals surface area contributed by atoms with E-state index in [2.05, 4.69) is 48.5 Å². The van der Waals surface area contributed by atoms with Gasteiger partial charge in [-0.25, -0.2) is 4.79 Å². The van der Waals surface area contributed by atoms with Crippen molar-refractivity contribution in [2.75, 3.05) is 13.7 Å². The van der Waals surface area contributed by atoms with Gasteiger partial charge in [-0.3, -0.25) is 0 Å². The maximum absolute atomic E-state index is 11.8. The number of methoxy groups -OCH3 is 1. The average Bonchev–Trinajstić information content (AvgIpc) is 3.05. The monoisotopic (exact) mass is 358 g/mol. The van der Waals surface area contributed by atoms with Crippen LogP contribution in [0.15, 0.2) is 72.8 Å². The highest BCUT2D eigenvalue weighted by Gasteiger charge is 2.27. The summed E-state index contributed by atoms with van der Waals surface area (Å²) < 4.78 is 10.7. The SMILES string of the molecule is COC(=O)c1ccccc1OCCCC1c2ccccc2-c2ccccc21. The normalized spacial score (nSPS) is 12.3. The van der Waals surface area contributed by atoms with Gasteiger partial charge in [-0.1, -0.05) is 60.7 Å². The third-order valence-corrected chi connectivity index (χ3v) is 5.15. The van der Waals surface area contributed by atoms with Crippen molar-refractivity contribution in [2.24, 2.45) is 0 Å². The van der Waals surface area contributed by atoms with Gasteiger partial charge in [-0.15, -0.1) is 0 Å². The van der Waals surface area contributed by atoms with Crippen molar-refractivity contribution in [2.45, 2.75) is 18.8 Å². The third kappa shape index (κ3) is 3.33. The standard InChI is InChI=1S/C24H22O3/c1-26-24(25)22-13-6-7-15-23(22)27-16-8-14-21-19-11-4-2-9-17(19)18-10-3-5-12-20(18)21/h2-7,9-13,15,21H,8,14,16H2,1H3. The number of esters is 1. The Morgan fingerprint density at radius 2 is 1.44 bits per heavy atom. The molecule has 0 unspecified atom stereocenters. The van der Waals surface area contributed by atoms with Gasteiger partial charge in [0.25, 0.3) is 0 Å². The van der Waals surface area contributed by atoms with E-state index in [0.717, 1.165) is 12.8 Å². The van der Waals surface area contributed by atoms with Gasteiger partial charge >= 0.3 is 5.97 Å². The number of para-hydroxylation sites is 1. The molecule has 0 aliphatic heterocycles. The molecule has 0 amide bonds. The summed E-state index contributed by atoms with van der Waals surface area (Å²) >= 11 is 0. The van der Waals surface area contributed by atoms with Crippen LogP contribution in [0.3, 0.4) is 0 Å². The van der Waals surface area contributed by atoms with Gasteiger partial charge in [-0.2, -0.15) is 0 Å². The summed E-state index contributed by atoms with van der Waals surface area (Å²) in [5, 5.41) is 0. The molecule has 0 radical (unpaired) electrons. The van der Waals surface area contributed by atoms with Crippen molar-refractivity contribution in [1.29, 1.82) is 0 Å². The molecule has 0 spiro atoms. The van der Waals surface area contributed by atoms with E-state index in [4.69, 9.17) is 9.47 Å². The van der Waals surface area contributed by atoms with E-state index in [1.807, 2.05) is 18.2 Å². The maximum atomic E-state index is 11.8. The first kappa shape index (κ1) is 17.3. The first-order valence-electron chi connectivity index (χ1n) is 9.28. The maximum Gasteiger partial charge on any atom is 0.341 e. The van der Waals surface area contributed by atoms with Crippen LogP contribution in [0.2, 0.25) is 0 Å². The Kier molecular flexibility index (Phi) is 4.93. The Balaban J connectivity index is 1.44. The second-order valence-corrected chi connectivity index (χ2v) is 6.71. The summed E-state index contributed by atoms with van der Waals surface area (Å²) in [6.07, 6.45) is 1.91. The highest BCUT2D eigenvalue weighted by Crippen LogP contribution is 2.46. The predicted octanol–water partition coefficient (Wildman–Crippen LogP) is 5.44. The molecule has 136 valence electrons. The van der Waals surface area contributed by atoms with Crippen molar-refractivity contribution in [1.82, 2.24) is 0 Å². The fraction of sp³-hybridized carbons (Fsp3) is 0.208. The number of rotatable bonds is 6. The predicted molar refractivity (Wildman–Crippen MR) is 106 cm³/mol. The molecule has 3 heteroatoms.